The van der Waals surface area contributed by atoms with Gasteiger partial charge in [-0.3, -0.25) is 14.3 Å². The zero-order chi connectivity index (χ0) is 28.7. The molecule has 222 valence electrons. The van der Waals surface area contributed by atoms with Crippen LogP contribution in [0.15, 0.2) is 29.2 Å². The number of carbonyl (C=O) groups is 1. The summed E-state index contributed by atoms with van der Waals surface area (Å²) in [6.45, 7) is 7.67. The number of nitrogens with one attached hydrogen (secondary N) is 1. The molecule has 1 aromatic carbocycles. The van der Waals surface area contributed by atoms with E-state index < -0.39 is 17.7 Å². The Kier molecular flexibility index (Phi) is 7.89. The lowest BCUT2D eigenvalue weighted by molar-refractivity contribution is -0.00270. The highest BCUT2D eigenvalue weighted by atomic mass is 19.1. The molecule has 41 heavy (non-hydrogen) atoms. The molecule has 3 aliphatic heterocycles. The maximum atomic E-state index is 15.1. The molecule has 2 saturated heterocycles. The number of fused-ring (bicyclic) bond motifs is 1. The molecule has 4 aliphatic rings. The molecule has 1 saturated carbocycles. The van der Waals surface area contributed by atoms with Gasteiger partial charge in [-0.25, -0.2) is 18.6 Å². The van der Waals surface area contributed by atoms with Crippen molar-refractivity contribution in [1.29, 1.82) is 0 Å². The minimum absolute atomic E-state index is 0.0667. The summed E-state index contributed by atoms with van der Waals surface area (Å²) in [5.74, 6) is -0.102. The molecule has 1 N–H and O–H groups in total. The lowest BCUT2D eigenvalue weighted by Crippen LogP contribution is -2.64. The minimum Gasteiger partial charge on any atom is -0.321 e. The van der Waals surface area contributed by atoms with Crippen LogP contribution < -0.4 is 10.9 Å². The van der Waals surface area contributed by atoms with E-state index in [0.717, 1.165) is 75.0 Å². The first kappa shape index (κ1) is 28.3. The number of nitrogens with zero attached hydrogens (tertiary/aromatic N) is 5. The smallest absolute Gasteiger partial charge is 0.320 e. The number of aryl methyl sites for hydroxylation is 1. The predicted octanol–water partition coefficient (Wildman–Crippen LogP) is 4.22. The van der Waals surface area contributed by atoms with Gasteiger partial charge in [0.1, 0.15) is 17.5 Å². The van der Waals surface area contributed by atoms with E-state index in [0.29, 0.717) is 39.1 Å². The van der Waals surface area contributed by atoms with Crippen LogP contribution in [0.4, 0.5) is 13.6 Å². The number of hydrogen-bond donors (Lipinski definition) is 1. The molecule has 6 rings (SSSR count). The summed E-state index contributed by atoms with van der Waals surface area (Å²) in [6, 6.07) is 3.26. The molecule has 10 heteroatoms. The number of halogens is 2. The number of rotatable bonds is 5. The van der Waals surface area contributed by atoms with E-state index in [1.54, 1.807) is 11.1 Å². The van der Waals surface area contributed by atoms with Gasteiger partial charge in [0.2, 0.25) is 0 Å². The molecule has 0 unspecified atom stereocenters. The number of hydrogen-bond acceptors (Lipinski definition) is 5. The SMILES string of the molecule is CC(C)N[C@@H]1CCN(C(=O)N2CCN(Cc3cnc4n(c3=O)CCC4)C3(CCCC3)C2)[C@H](c2cc(F)ccc2F)C1. The molecule has 0 bridgehead atoms. The summed E-state index contributed by atoms with van der Waals surface area (Å²) in [4.78, 5) is 38.1. The Hall–Kier alpha value is -2.85. The van der Waals surface area contributed by atoms with Gasteiger partial charge in [-0.15, -0.1) is 0 Å². The Balaban J connectivity index is 1.23. The predicted molar refractivity (Wildman–Crippen MR) is 152 cm³/mol. The Labute approximate surface area is 240 Å². The Morgan fingerprint density at radius 3 is 2.71 bits per heavy atom. The molecule has 3 fully saturated rings. The quantitative estimate of drug-likeness (QED) is 0.585. The highest BCUT2D eigenvalue weighted by molar-refractivity contribution is 5.75. The van der Waals surface area contributed by atoms with Crippen LogP contribution in [-0.4, -0.2) is 74.1 Å². The van der Waals surface area contributed by atoms with Crippen molar-refractivity contribution in [2.75, 3.05) is 26.2 Å². The van der Waals surface area contributed by atoms with Crippen LogP contribution in [0.5, 0.6) is 0 Å². The van der Waals surface area contributed by atoms with E-state index >= 15 is 4.39 Å². The van der Waals surface area contributed by atoms with Gasteiger partial charge in [0, 0.05) is 80.6 Å². The Morgan fingerprint density at radius 2 is 1.93 bits per heavy atom. The van der Waals surface area contributed by atoms with E-state index in [1.165, 1.54) is 6.07 Å². The van der Waals surface area contributed by atoms with Crippen LogP contribution in [0.3, 0.4) is 0 Å². The molecular weight excluding hydrogens is 526 g/mol. The molecule has 0 radical (unpaired) electrons. The summed E-state index contributed by atoms with van der Waals surface area (Å²) in [7, 11) is 0. The fourth-order valence-electron chi connectivity index (χ4n) is 7.70. The Morgan fingerprint density at radius 1 is 1.12 bits per heavy atom. The van der Waals surface area contributed by atoms with Gasteiger partial charge in [-0.1, -0.05) is 26.7 Å². The zero-order valence-corrected chi connectivity index (χ0v) is 24.2. The first-order valence-electron chi connectivity index (χ1n) is 15.3. The number of piperidine rings is 1. The van der Waals surface area contributed by atoms with Gasteiger partial charge in [0.15, 0.2) is 0 Å². The molecule has 1 aromatic heterocycles. The second-order valence-electron chi connectivity index (χ2n) is 12.7. The average molecular weight is 569 g/mol. The van der Waals surface area contributed by atoms with Crippen molar-refractivity contribution < 1.29 is 13.6 Å². The van der Waals surface area contributed by atoms with Crippen LogP contribution in [0.25, 0.3) is 0 Å². The van der Waals surface area contributed by atoms with Crippen molar-refractivity contribution in [3.8, 4) is 0 Å². The van der Waals surface area contributed by atoms with Crippen LogP contribution in [-0.2, 0) is 19.5 Å². The van der Waals surface area contributed by atoms with Crippen molar-refractivity contribution in [2.45, 2.75) is 102 Å². The van der Waals surface area contributed by atoms with Crippen molar-refractivity contribution in [3.05, 3.63) is 63.3 Å². The largest absolute Gasteiger partial charge is 0.321 e. The van der Waals surface area contributed by atoms with Gasteiger partial charge >= 0.3 is 6.03 Å². The van der Waals surface area contributed by atoms with Crippen molar-refractivity contribution in [2.24, 2.45) is 0 Å². The molecule has 1 spiro atoms. The number of amides is 2. The molecular formula is C31H42F2N6O2. The van der Waals surface area contributed by atoms with Gasteiger partial charge < -0.3 is 15.1 Å². The Bertz CT molecular complexity index is 1340. The first-order chi connectivity index (χ1) is 19.7. The summed E-state index contributed by atoms with van der Waals surface area (Å²) in [6.07, 6.45) is 8.98. The lowest BCUT2D eigenvalue weighted by atomic mass is 9.89. The summed E-state index contributed by atoms with van der Waals surface area (Å²) in [5, 5.41) is 3.54. The molecule has 4 heterocycles. The number of urea groups is 1. The third kappa shape index (κ3) is 5.52. The summed E-state index contributed by atoms with van der Waals surface area (Å²) in [5.41, 5.74) is 0.841. The maximum Gasteiger partial charge on any atom is 0.320 e. The van der Waals surface area contributed by atoms with Crippen LogP contribution in [0, 0.1) is 11.6 Å². The molecule has 2 amide bonds. The van der Waals surface area contributed by atoms with E-state index in [2.05, 4.69) is 29.0 Å². The van der Waals surface area contributed by atoms with Gasteiger partial charge in [-0.05, 0) is 50.3 Å². The van der Waals surface area contributed by atoms with Gasteiger partial charge in [0.25, 0.3) is 5.56 Å². The first-order valence-corrected chi connectivity index (χ1v) is 15.3. The monoisotopic (exact) mass is 568 g/mol. The highest BCUT2D eigenvalue weighted by Crippen LogP contribution is 2.40. The molecule has 2 aromatic rings. The highest BCUT2D eigenvalue weighted by Gasteiger charge is 2.47. The molecule has 8 nitrogen and oxygen atoms in total. The third-order valence-electron chi connectivity index (χ3n) is 9.68. The molecule has 2 atom stereocenters. The topological polar surface area (TPSA) is 73.7 Å². The summed E-state index contributed by atoms with van der Waals surface area (Å²) < 4.78 is 31.2. The van der Waals surface area contributed by atoms with Gasteiger partial charge in [0.05, 0.1) is 6.04 Å². The zero-order valence-electron chi connectivity index (χ0n) is 24.2. The van der Waals surface area contributed by atoms with E-state index in [1.807, 2.05) is 9.47 Å². The second kappa shape index (κ2) is 11.4. The minimum atomic E-state index is -0.543. The van der Waals surface area contributed by atoms with Crippen molar-refractivity contribution in [1.82, 2.24) is 29.6 Å². The van der Waals surface area contributed by atoms with Crippen LogP contribution >= 0.6 is 0 Å². The van der Waals surface area contributed by atoms with Crippen molar-refractivity contribution in [3.63, 3.8) is 0 Å². The fraction of sp³-hybridized carbons (Fsp3) is 0.645. The number of piperazine rings is 1. The van der Waals surface area contributed by atoms with E-state index in [-0.39, 0.29) is 34.8 Å². The third-order valence-corrected chi connectivity index (χ3v) is 9.68. The molecule has 1 aliphatic carbocycles. The van der Waals surface area contributed by atoms with Crippen LogP contribution in [0.2, 0.25) is 0 Å². The fourth-order valence-corrected chi connectivity index (χ4v) is 7.70. The lowest BCUT2D eigenvalue weighted by Gasteiger charge is -2.51. The number of carbonyl (C=O) groups excluding carboxylic acids is 1. The summed E-state index contributed by atoms with van der Waals surface area (Å²) >= 11 is 0. The number of benzene rings is 1. The standard InChI is InChI=1S/C31H42F2N6O2/c1-21(2)35-24-9-13-38(27(17-24)25-16-23(32)7-8-26(25)33)30(41)36-14-15-37(31(20-36)10-3-4-11-31)19-22-18-34-28-6-5-12-39(28)29(22)40/h7-8,16,18,21,24,27,35H,3-6,9-15,17,19-20H2,1-2H3/t24-,27+/m1/s1. The second-order valence-corrected chi connectivity index (χ2v) is 12.7. The average Bonchev–Trinajstić information content (AvgIpc) is 3.63. The van der Waals surface area contributed by atoms with Gasteiger partial charge in [-0.2, -0.15) is 0 Å². The van der Waals surface area contributed by atoms with E-state index in [4.69, 9.17) is 0 Å². The van der Waals surface area contributed by atoms with E-state index in [9.17, 15) is 14.0 Å². The number of likely N-dealkylation sites (tertiary alicyclic amines) is 1. The van der Waals surface area contributed by atoms with Crippen molar-refractivity contribution >= 4 is 6.03 Å². The van der Waals surface area contributed by atoms with Crippen LogP contribution in [0.1, 0.15) is 81.8 Å². The number of aromatic nitrogens is 2. The normalized spacial score (nSPS) is 24.4. The maximum absolute atomic E-state index is 15.1.